The van der Waals surface area contributed by atoms with Gasteiger partial charge in [-0.25, -0.2) is 0 Å². The number of carbonyl (C=O) groups excluding carboxylic acids is 1. The van der Waals surface area contributed by atoms with Gasteiger partial charge in [0.05, 0.1) is 11.4 Å². The van der Waals surface area contributed by atoms with Crippen molar-refractivity contribution < 1.29 is 4.79 Å². The van der Waals surface area contributed by atoms with Crippen LogP contribution in [0.25, 0.3) is 11.3 Å². The van der Waals surface area contributed by atoms with Crippen molar-refractivity contribution in [3.8, 4) is 11.3 Å². The standard InChI is InChI=1S/C17H14ClN3O/c1-11-15(10-21(2)20-11)16-8-5-13(9-19-16)17(22)12-3-6-14(18)7-4-12/h3-10H,1-2H3. The molecule has 0 spiro atoms. The molecule has 0 aliphatic rings. The maximum atomic E-state index is 12.4. The Balaban J connectivity index is 1.89. The van der Waals surface area contributed by atoms with E-state index >= 15 is 0 Å². The molecule has 0 bridgehead atoms. The number of aromatic nitrogens is 3. The lowest BCUT2D eigenvalue weighted by Crippen LogP contribution is -2.01. The molecular formula is C17H14ClN3O. The van der Waals surface area contributed by atoms with E-state index in [4.69, 9.17) is 11.6 Å². The molecule has 2 heterocycles. The minimum atomic E-state index is -0.0707. The van der Waals surface area contributed by atoms with Crippen molar-refractivity contribution >= 4 is 17.4 Å². The molecule has 0 saturated heterocycles. The van der Waals surface area contributed by atoms with Crippen LogP contribution in [-0.4, -0.2) is 20.5 Å². The van der Waals surface area contributed by atoms with E-state index in [1.807, 2.05) is 26.2 Å². The fraction of sp³-hybridized carbons (Fsp3) is 0.118. The van der Waals surface area contributed by atoms with E-state index in [-0.39, 0.29) is 5.78 Å². The molecule has 0 aliphatic heterocycles. The van der Waals surface area contributed by atoms with Gasteiger partial charge in [-0.2, -0.15) is 5.10 Å². The van der Waals surface area contributed by atoms with Gasteiger partial charge in [-0.3, -0.25) is 14.5 Å². The number of pyridine rings is 1. The van der Waals surface area contributed by atoms with E-state index in [0.717, 1.165) is 17.0 Å². The lowest BCUT2D eigenvalue weighted by atomic mass is 10.0. The summed E-state index contributed by atoms with van der Waals surface area (Å²) in [5.74, 6) is -0.0707. The van der Waals surface area contributed by atoms with E-state index in [9.17, 15) is 4.79 Å². The lowest BCUT2D eigenvalue weighted by Gasteiger charge is -2.03. The third-order valence-electron chi connectivity index (χ3n) is 3.42. The number of benzene rings is 1. The number of halogens is 1. The highest BCUT2D eigenvalue weighted by atomic mass is 35.5. The average Bonchev–Trinajstić information content (AvgIpc) is 2.86. The molecular weight excluding hydrogens is 298 g/mol. The molecule has 0 amide bonds. The molecule has 0 saturated carbocycles. The second-order valence-corrected chi connectivity index (χ2v) is 5.51. The summed E-state index contributed by atoms with van der Waals surface area (Å²) in [5.41, 5.74) is 3.82. The van der Waals surface area contributed by atoms with Gasteiger partial charge in [0.15, 0.2) is 5.78 Å². The first-order valence-electron chi connectivity index (χ1n) is 6.81. The summed E-state index contributed by atoms with van der Waals surface area (Å²) in [5, 5.41) is 4.91. The number of aryl methyl sites for hydroxylation is 2. The first-order chi connectivity index (χ1) is 10.5. The molecule has 110 valence electrons. The molecule has 0 N–H and O–H groups in total. The zero-order chi connectivity index (χ0) is 15.7. The van der Waals surface area contributed by atoms with Crippen molar-refractivity contribution in [2.75, 3.05) is 0 Å². The zero-order valence-electron chi connectivity index (χ0n) is 12.2. The van der Waals surface area contributed by atoms with Crippen molar-refractivity contribution in [3.63, 3.8) is 0 Å². The molecule has 22 heavy (non-hydrogen) atoms. The van der Waals surface area contributed by atoms with Crippen molar-refractivity contribution in [1.29, 1.82) is 0 Å². The second-order valence-electron chi connectivity index (χ2n) is 5.07. The molecule has 3 rings (SSSR count). The van der Waals surface area contributed by atoms with Gasteiger partial charge in [0, 0.05) is 41.2 Å². The Morgan fingerprint density at radius 2 is 1.77 bits per heavy atom. The number of ketones is 1. The van der Waals surface area contributed by atoms with Gasteiger partial charge in [0.2, 0.25) is 0 Å². The van der Waals surface area contributed by atoms with Gasteiger partial charge < -0.3 is 0 Å². The Bertz CT molecular complexity index is 820. The van der Waals surface area contributed by atoms with Crippen LogP contribution in [0.4, 0.5) is 0 Å². The van der Waals surface area contributed by atoms with Crippen LogP contribution in [0.2, 0.25) is 5.02 Å². The minimum Gasteiger partial charge on any atom is -0.289 e. The fourth-order valence-electron chi connectivity index (χ4n) is 2.31. The van der Waals surface area contributed by atoms with Gasteiger partial charge >= 0.3 is 0 Å². The quantitative estimate of drug-likeness (QED) is 0.693. The number of nitrogens with zero attached hydrogens (tertiary/aromatic N) is 3. The number of hydrogen-bond acceptors (Lipinski definition) is 3. The van der Waals surface area contributed by atoms with Crippen molar-refractivity contribution in [3.05, 3.63) is 70.6 Å². The van der Waals surface area contributed by atoms with Crippen LogP contribution in [0.15, 0.2) is 48.8 Å². The summed E-state index contributed by atoms with van der Waals surface area (Å²) in [6, 6.07) is 10.5. The Hall–Kier alpha value is -2.46. The normalized spacial score (nSPS) is 10.7. The van der Waals surface area contributed by atoms with E-state index < -0.39 is 0 Å². The van der Waals surface area contributed by atoms with Crippen molar-refractivity contribution in [1.82, 2.24) is 14.8 Å². The molecule has 0 atom stereocenters. The Morgan fingerprint density at radius 1 is 1.09 bits per heavy atom. The zero-order valence-corrected chi connectivity index (χ0v) is 13.0. The number of rotatable bonds is 3. The first kappa shape index (κ1) is 14.5. The van der Waals surface area contributed by atoms with Gasteiger partial charge in [-0.15, -0.1) is 0 Å². The van der Waals surface area contributed by atoms with E-state index in [2.05, 4.69) is 10.1 Å². The van der Waals surface area contributed by atoms with Crippen LogP contribution >= 0.6 is 11.6 Å². The van der Waals surface area contributed by atoms with Gasteiger partial charge in [-0.1, -0.05) is 11.6 Å². The third kappa shape index (κ3) is 2.78. The maximum absolute atomic E-state index is 12.4. The molecule has 0 unspecified atom stereocenters. The highest BCUT2D eigenvalue weighted by Crippen LogP contribution is 2.21. The second kappa shape index (κ2) is 5.73. The van der Waals surface area contributed by atoms with Crippen LogP contribution in [0.1, 0.15) is 21.6 Å². The summed E-state index contributed by atoms with van der Waals surface area (Å²) in [7, 11) is 1.87. The lowest BCUT2D eigenvalue weighted by molar-refractivity contribution is 0.103. The van der Waals surface area contributed by atoms with Crippen LogP contribution < -0.4 is 0 Å². The molecule has 0 radical (unpaired) electrons. The van der Waals surface area contributed by atoms with Crippen molar-refractivity contribution in [2.24, 2.45) is 7.05 Å². The molecule has 3 aromatic rings. The fourth-order valence-corrected chi connectivity index (χ4v) is 2.43. The topological polar surface area (TPSA) is 47.8 Å². The van der Waals surface area contributed by atoms with Crippen LogP contribution in [-0.2, 0) is 7.05 Å². The van der Waals surface area contributed by atoms with Gasteiger partial charge in [0.1, 0.15) is 0 Å². The van der Waals surface area contributed by atoms with Crippen molar-refractivity contribution in [2.45, 2.75) is 6.92 Å². The first-order valence-corrected chi connectivity index (χ1v) is 7.19. The Kier molecular flexibility index (Phi) is 3.77. The van der Waals surface area contributed by atoms with Crippen LogP contribution in [0.3, 0.4) is 0 Å². The number of hydrogen-bond donors (Lipinski definition) is 0. The SMILES string of the molecule is Cc1nn(C)cc1-c1ccc(C(=O)c2ccc(Cl)cc2)cn1. The van der Waals surface area contributed by atoms with E-state index in [1.54, 1.807) is 41.2 Å². The predicted octanol–water partition coefficient (Wildman–Crippen LogP) is 3.67. The minimum absolute atomic E-state index is 0.0707. The summed E-state index contributed by atoms with van der Waals surface area (Å²) in [6.45, 7) is 1.93. The highest BCUT2D eigenvalue weighted by molar-refractivity contribution is 6.30. The summed E-state index contributed by atoms with van der Waals surface area (Å²) >= 11 is 5.84. The molecule has 0 aliphatic carbocycles. The monoisotopic (exact) mass is 311 g/mol. The Morgan fingerprint density at radius 3 is 2.32 bits per heavy atom. The molecule has 2 aromatic heterocycles. The summed E-state index contributed by atoms with van der Waals surface area (Å²) in [6.07, 6.45) is 3.51. The molecule has 5 heteroatoms. The summed E-state index contributed by atoms with van der Waals surface area (Å²) < 4.78 is 1.75. The smallest absolute Gasteiger partial charge is 0.194 e. The predicted molar refractivity (Wildman–Crippen MR) is 86.1 cm³/mol. The summed E-state index contributed by atoms with van der Waals surface area (Å²) in [4.78, 5) is 16.8. The average molecular weight is 312 g/mol. The highest BCUT2D eigenvalue weighted by Gasteiger charge is 2.11. The molecule has 0 fully saturated rings. The largest absolute Gasteiger partial charge is 0.289 e. The van der Waals surface area contributed by atoms with Crippen LogP contribution in [0, 0.1) is 6.92 Å². The van der Waals surface area contributed by atoms with E-state index in [1.165, 1.54) is 0 Å². The van der Waals surface area contributed by atoms with E-state index in [0.29, 0.717) is 16.1 Å². The van der Waals surface area contributed by atoms with Gasteiger partial charge in [-0.05, 0) is 43.3 Å². The Labute approximate surface area is 133 Å². The van der Waals surface area contributed by atoms with Crippen LogP contribution in [0.5, 0.6) is 0 Å². The number of carbonyl (C=O) groups is 1. The molecule has 1 aromatic carbocycles. The third-order valence-corrected chi connectivity index (χ3v) is 3.67. The molecule has 4 nitrogen and oxygen atoms in total. The maximum Gasteiger partial charge on any atom is 0.194 e. The van der Waals surface area contributed by atoms with Gasteiger partial charge in [0.25, 0.3) is 0 Å².